The summed E-state index contributed by atoms with van der Waals surface area (Å²) in [5.41, 5.74) is -4.16. The second-order valence-electron chi connectivity index (χ2n) is 12.4. The summed E-state index contributed by atoms with van der Waals surface area (Å²) in [5.74, 6) is -4.54. The van der Waals surface area contributed by atoms with Gasteiger partial charge >= 0.3 is 18.4 Å². The molecule has 3 aromatic carbocycles. The molecule has 19 heteroatoms. The molecule has 0 aliphatic carbocycles. The Labute approximate surface area is 300 Å². The number of halogens is 7. The molecule has 1 fully saturated rings. The van der Waals surface area contributed by atoms with E-state index in [1.165, 1.54) is 6.07 Å². The number of benzene rings is 3. The first-order valence-corrected chi connectivity index (χ1v) is 16.2. The zero-order valence-corrected chi connectivity index (χ0v) is 27.9. The van der Waals surface area contributed by atoms with Crippen LogP contribution in [0.5, 0.6) is 5.75 Å². The van der Waals surface area contributed by atoms with Crippen molar-refractivity contribution in [2.45, 2.75) is 57.0 Å². The second kappa shape index (κ2) is 14.4. The van der Waals surface area contributed by atoms with E-state index < -0.39 is 82.1 Å². The van der Waals surface area contributed by atoms with Crippen LogP contribution in [0, 0.1) is 5.82 Å². The van der Waals surface area contributed by atoms with Gasteiger partial charge < -0.3 is 4.74 Å². The van der Waals surface area contributed by atoms with Gasteiger partial charge in [-0.05, 0) is 73.7 Å². The summed E-state index contributed by atoms with van der Waals surface area (Å²) in [6.45, 7) is 0.0603. The van der Waals surface area contributed by atoms with E-state index in [1.807, 2.05) is 0 Å². The molecule has 0 radical (unpaired) electrons. The smallest absolute Gasteiger partial charge is 0.409 e. The fourth-order valence-corrected chi connectivity index (χ4v) is 6.14. The Morgan fingerprint density at radius 2 is 1.67 bits per heavy atom. The number of carbonyl (C=O) groups excluding carboxylic acids is 5. The van der Waals surface area contributed by atoms with Crippen molar-refractivity contribution >= 4 is 35.4 Å². The molecule has 12 nitrogen and oxygen atoms in total. The van der Waals surface area contributed by atoms with Crippen LogP contribution in [0.3, 0.4) is 0 Å². The van der Waals surface area contributed by atoms with Crippen molar-refractivity contribution in [3.05, 3.63) is 94.4 Å². The third-order valence-corrected chi connectivity index (χ3v) is 8.85. The number of alkyl halides is 6. The molecule has 2 aliphatic rings. The van der Waals surface area contributed by atoms with Gasteiger partial charge in [0.1, 0.15) is 17.6 Å². The van der Waals surface area contributed by atoms with Gasteiger partial charge in [0.25, 0.3) is 11.8 Å². The van der Waals surface area contributed by atoms with E-state index in [0.29, 0.717) is 24.5 Å². The number of imide groups is 2. The van der Waals surface area contributed by atoms with Gasteiger partial charge in [-0.1, -0.05) is 17.3 Å². The Hall–Kier alpha value is -6.14. The lowest BCUT2D eigenvalue weighted by Gasteiger charge is -2.27. The van der Waals surface area contributed by atoms with Gasteiger partial charge in [-0.15, -0.1) is 5.10 Å². The number of amides is 5. The minimum absolute atomic E-state index is 0.0115. The molecule has 0 bridgehead atoms. The number of ether oxygens (including phenoxy) is 1. The molecule has 5 amide bonds. The van der Waals surface area contributed by atoms with Gasteiger partial charge in [0.05, 0.1) is 28.5 Å². The highest BCUT2D eigenvalue weighted by molar-refractivity contribution is 6.24. The number of rotatable bonds is 9. The average molecular weight is 761 g/mol. The molecule has 2 aliphatic heterocycles. The summed E-state index contributed by atoms with van der Waals surface area (Å²) in [5, 5.41) is 9.73. The summed E-state index contributed by atoms with van der Waals surface area (Å²) >= 11 is 0. The molecule has 4 aromatic rings. The van der Waals surface area contributed by atoms with Crippen molar-refractivity contribution < 1.29 is 59.4 Å². The summed E-state index contributed by atoms with van der Waals surface area (Å²) < 4.78 is 104. The highest BCUT2D eigenvalue weighted by Crippen LogP contribution is 2.46. The van der Waals surface area contributed by atoms with Gasteiger partial charge in [-0.25, -0.2) is 9.18 Å². The summed E-state index contributed by atoms with van der Waals surface area (Å²) in [7, 11) is 1.11. The van der Waals surface area contributed by atoms with Gasteiger partial charge in [0.2, 0.25) is 11.8 Å². The minimum atomic E-state index is -5.42. The first kappa shape index (κ1) is 37.6. The van der Waals surface area contributed by atoms with E-state index in [2.05, 4.69) is 15.6 Å². The first-order valence-electron chi connectivity index (χ1n) is 16.2. The Morgan fingerprint density at radius 3 is 2.33 bits per heavy atom. The Morgan fingerprint density at radius 1 is 0.944 bits per heavy atom. The van der Waals surface area contributed by atoms with E-state index in [1.54, 1.807) is 12.1 Å². The Kier molecular flexibility index (Phi) is 10.00. The number of hydrogen-bond donors (Lipinski definition) is 1. The molecule has 1 aromatic heterocycles. The van der Waals surface area contributed by atoms with Crippen LogP contribution in [0.15, 0.2) is 60.8 Å². The maximum Gasteiger partial charge on any atom is 0.420 e. The van der Waals surface area contributed by atoms with Crippen molar-refractivity contribution in [1.29, 1.82) is 0 Å². The monoisotopic (exact) mass is 760 g/mol. The van der Waals surface area contributed by atoms with E-state index in [0.717, 1.165) is 52.0 Å². The first-order chi connectivity index (χ1) is 25.4. The molecule has 3 heterocycles. The Bertz CT molecular complexity index is 2170. The van der Waals surface area contributed by atoms with E-state index in [-0.39, 0.29) is 48.7 Å². The predicted octanol–water partition coefficient (Wildman–Crippen LogP) is 6.18. The topological polar surface area (TPSA) is 144 Å². The van der Waals surface area contributed by atoms with Crippen molar-refractivity contribution in [3.63, 3.8) is 0 Å². The number of unbranched alkanes of at least 4 members (excludes halogenated alkanes) is 1. The number of hydrogen-bond acceptors (Lipinski definition) is 8. The highest BCUT2D eigenvalue weighted by atomic mass is 19.4. The number of aromatic nitrogens is 3. The molecular weight excluding hydrogens is 733 g/mol. The molecule has 6 rings (SSSR count). The van der Waals surface area contributed by atoms with Gasteiger partial charge in [0.15, 0.2) is 5.75 Å². The number of nitrogens with zero attached hydrogens (tertiary/aromatic N) is 5. The van der Waals surface area contributed by atoms with Crippen LogP contribution in [0.1, 0.15) is 63.1 Å². The molecule has 282 valence electrons. The maximum atomic E-state index is 14.2. The number of nitrogens with one attached hydrogen (secondary N) is 1. The number of fused-ring (bicyclic) bond motifs is 1. The lowest BCUT2D eigenvalue weighted by atomic mass is 9.98. The lowest BCUT2D eigenvalue weighted by molar-refractivity contribution is -0.143. The van der Waals surface area contributed by atoms with Crippen LogP contribution in [-0.4, -0.2) is 62.7 Å². The summed E-state index contributed by atoms with van der Waals surface area (Å²) in [6, 6.07) is 7.92. The predicted molar refractivity (Wildman–Crippen MR) is 172 cm³/mol. The number of aryl methyl sites for hydroxylation is 2. The zero-order valence-electron chi connectivity index (χ0n) is 27.9. The molecule has 1 atom stereocenters. The molecule has 0 spiro atoms. The third kappa shape index (κ3) is 7.51. The molecular formula is C35H27F7N6O6. The van der Waals surface area contributed by atoms with Crippen molar-refractivity contribution in [2.24, 2.45) is 0 Å². The fourth-order valence-electron chi connectivity index (χ4n) is 6.14. The van der Waals surface area contributed by atoms with Gasteiger partial charge in [-0.3, -0.25) is 39.0 Å². The van der Waals surface area contributed by atoms with Crippen LogP contribution in [0.2, 0.25) is 0 Å². The zero-order chi connectivity index (χ0) is 39.1. The highest BCUT2D eigenvalue weighted by Gasteiger charge is 2.46. The van der Waals surface area contributed by atoms with Crippen LogP contribution < -0.4 is 15.0 Å². The number of piperidine rings is 1. The molecule has 0 saturated carbocycles. The lowest BCUT2D eigenvalue weighted by Crippen LogP contribution is -2.54. The minimum Gasteiger partial charge on any atom is -0.409 e. The van der Waals surface area contributed by atoms with Gasteiger partial charge in [-0.2, -0.15) is 26.3 Å². The van der Waals surface area contributed by atoms with E-state index in [4.69, 9.17) is 4.74 Å². The Balaban J connectivity index is 1.20. The second-order valence-corrected chi connectivity index (χ2v) is 12.4. The van der Waals surface area contributed by atoms with E-state index >= 15 is 0 Å². The van der Waals surface area contributed by atoms with Gasteiger partial charge in [0, 0.05) is 31.3 Å². The van der Waals surface area contributed by atoms with Crippen LogP contribution in [-0.2, 0) is 34.9 Å². The van der Waals surface area contributed by atoms with Crippen molar-refractivity contribution in [2.75, 3.05) is 11.9 Å². The SMILES string of the molecule is CN(C(=O)Oc1c(-c2cn(CCCCc3cccc4c3C(=O)N(C3CCC(=O)NC3=O)C4=O)nn2)cc(C(F)(F)F)cc1C(F)(F)F)c1ccc(F)cc1. The quantitative estimate of drug-likeness (QED) is 0.121. The molecule has 1 N–H and O–H groups in total. The summed E-state index contributed by atoms with van der Waals surface area (Å²) in [4.78, 5) is 65.0. The normalized spacial score (nSPS) is 16.1. The average Bonchev–Trinajstić information content (AvgIpc) is 3.68. The van der Waals surface area contributed by atoms with Crippen LogP contribution >= 0.6 is 0 Å². The molecule has 1 saturated heterocycles. The summed E-state index contributed by atoms with van der Waals surface area (Å²) in [6.07, 6.45) is -10.1. The van der Waals surface area contributed by atoms with Crippen LogP contribution in [0.25, 0.3) is 11.3 Å². The number of carbonyl (C=O) groups is 5. The number of anilines is 1. The van der Waals surface area contributed by atoms with E-state index in [9.17, 15) is 54.7 Å². The maximum absolute atomic E-state index is 14.2. The van der Waals surface area contributed by atoms with Crippen LogP contribution in [0.4, 0.5) is 41.2 Å². The molecule has 1 unspecified atom stereocenters. The third-order valence-electron chi connectivity index (χ3n) is 8.85. The largest absolute Gasteiger partial charge is 0.420 e. The fraction of sp³-hybridized carbons (Fsp3) is 0.286. The standard InChI is InChI=1S/C35H27F7N6O6/c1-46(21-10-8-20(36)9-11-21)33(53)54-29-23(15-19(34(37,38)39)16-24(29)35(40,41)42)25-17-47(45-44-25)14-3-2-5-18-6-4-7-22-28(18)32(52)48(31(22)51)26-12-13-27(49)43-30(26)50/h4,6-11,15-17,26H,2-3,5,12-14H2,1H3,(H,43,49,50). The molecule has 54 heavy (non-hydrogen) atoms. The van der Waals surface area contributed by atoms with Crippen molar-refractivity contribution in [1.82, 2.24) is 25.2 Å². The van der Waals surface area contributed by atoms with Crippen molar-refractivity contribution in [3.8, 4) is 17.0 Å².